The SMILES string of the molecule is COC(=O)[C@@H](NC1CCN(C2CC2)C1)C(C)C. The van der Waals surface area contributed by atoms with Gasteiger partial charge in [0.25, 0.3) is 0 Å². The molecule has 2 aliphatic rings. The quantitative estimate of drug-likeness (QED) is 0.728. The molecule has 1 saturated heterocycles. The van der Waals surface area contributed by atoms with Crippen LogP contribution in [0.4, 0.5) is 0 Å². The summed E-state index contributed by atoms with van der Waals surface area (Å²) in [6, 6.07) is 1.11. The highest BCUT2D eigenvalue weighted by Crippen LogP contribution is 2.30. The summed E-state index contributed by atoms with van der Waals surface area (Å²) >= 11 is 0. The molecule has 1 N–H and O–H groups in total. The van der Waals surface area contributed by atoms with Crippen molar-refractivity contribution in [3.8, 4) is 0 Å². The van der Waals surface area contributed by atoms with Gasteiger partial charge in [0.1, 0.15) is 6.04 Å². The first-order chi connectivity index (χ1) is 8.11. The molecule has 0 amide bonds. The van der Waals surface area contributed by atoms with E-state index < -0.39 is 0 Å². The van der Waals surface area contributed by atoms with E-state index in [0.29, 0.717) is 6.04 Å². The molecule has 98 valence electrons. The third kappa shape index (κ3) is 3.19. The minimum atomic E-state index is -0.163. The smallest absolute Gasteiger partial charge is 0.323 e. The highest BCUT2D eigenvalue weighted by atomic mass is 16.5. The van der Waals surface area contributed by atoms with Crippen LogP contribution in [0.2, 0.25) is 0 Å². The van der Waals surface area contributed by atoms with Crippen LogP contribution in [0, 0.1) is 5.92 Å². The summed E-state index contributed by atoms with van der Waals surface area (Å²) in [5.41, 5.74) is 0. The summed E-state index contributed by atoms with van der Waals surface area (Å²) in [6.45, 7) is 6.38. The summed E-state index contributed by atoms with van der Waals surface area (Å²) in [7, 11) is 1.46. The Morgan fingerprint density at radius 3 is 2.59 bits per heavy atom. The summed E-state index contributed by atoms with van der Waals surface area (Å²) in [6.07, 6.45) is 3.87. The van der Waals surface area contributed by atoms with E-state index in [1.807, 2.05) is 0 Å². The number of hydrogen-bond donors (Lipinski definition) is 1. The van der Waals surface area contributed by atoms with E-state index in [2.05, 4.69) is 24.1 Å². The average Bonchev–Trinajstić information content (AvgIpc) is 3.05. The third-order valence-corrected chi connectivity index (χ3v) is 3.82. The topological polar surface area (TPSA) is 41.6 Å². The number of ether oxygens (including phenoxy) is 1. The molecule has 4 nitrogen and oxygen atoms in total. The van der Waals surface area contributed by atoms with Crippen LogP contribution in [-0.4, -0.2) is 49.2 Å². The summed E-state index contributed by atoms with van der Waals surface area (Å²) < 4.78 is 4.86. The van der Waals surface area contributed by atoms with Gasteiger partial charge in [0.05, 0.1) is 7.11 Å². The Balaban J connectivity index is 1.83. The van der Waals surface area contributed by atoms with Crippen molar-refractivity contribution in [3.63, 3.8) is 0 Å². The Morgan fingerprint density at radius 2 is 2.06 bits per heavy atom. The van der Waals surface area contributed by atoms with Crippen LogP contribution in [0.1, 0.15) is 33.1 Å². The summed E-state index contributed by atoms with van der Waals surface area (Å²) in [5, 5.41) is 3.46. The molecular formula is C13H24N2O2. The Kier molecular flexibility index (Phi) is 4.05. The molecular weight excluding hydrogens is 216 g/mol. The fourth-order valence-electron chi connectivity index (χ4n) is 2.61. The van der Waals surface area contributed by atoms with Crippen molar-refractivity contribution in [3.05, 3.63) is 0 Å². The van der Waals surface area contributed by atoms with Crippen molar-refractivity contribution in [2.45, 2.75) is 51.2 Å². The second-order valence-electron chi connectivity index (χ2n) is 5.62. The average molecular weight is 240 g/mol. The molecule has 1 aliphatic heterocycles. The first kappa shape index (κ1) is 12.8. The molecule has 17 heavy (non-hydrogen) atoms. The van der Waals surface area contributed by atoms with Gasteiger partial charge < -0.3 is 10.1 Å². The molecule has 0 spiro atoms. The number of likely N-dealkylation sites (tertiary alicyclic amines) is 1. The number of nitrogens with one attached hydrogen (secondary N) is 1. The lowest BCUT2D eigenvalue weighted by atomic mass is 10.0. The minimum Gasteiger partial charge on any atom is -0.468 e. The predicted octanol–water partition coefficient (Wildman–Crippen LogP) is 1.01. The molecule has 0 aromatic heterocycles. The van der Waals surface area contributed by atoms with E-state index in [0.717, 1.165) is 19.0 Å². The van der Waals surface area contributed by atoms with E-state index in [4.69, 9.17) is 4.74 Å². The molecule has 2 atom stereocenters. The maximum Gasteiger partial charge on any atom is 0.323 e. The van der Waals surface area contributed by atoms with Crippen molar-refractivity contribution in [1.29, 1.82) is 0 Å². The van der Waals surface area contributed by atoms with Crippen LogP contribution in [0.25, 0.3) is 0 Å². The maximum absolute atomic E-state index is 11.7. The van der Waals surface area contributed by atoms with Gasteiger partial charge in [0.15, 0.2) is 0 Å². The lowest BCUT2D eigenvalue weighted by Gasteiger charge is -2.24. The van der Waals surface area contributed by atoms with Gasteiger partial charge in [-0.15, -0.1) is 0 Å². The molecule has 1 aliphatic carbocycles. The van der Waals surface area contributed by atoms with E-state index in [-0.39, 0.29) is 17.9 Å². The van der Waals surface area contributed by atoms with Gasteiger partial charge in [0, 0.05) is 25.2 Å². The number of rotatable bonds is 5. The number of esters is 1. The van der Waals surface area contributed by atoms with Crippen molar-refractivity contribution in [1.82, 2.24) is 10.2 Å². The van der Waals surface area contributed by atoms with Crippen molar-refractivity contribution >= 4 is 5.97 Å². The molecule has 1 saturated carbocycles. The monoisotopic (exact) mass is 240 g/mol. The van der Waals surface area contributed by atoms with E-state index in [9.17, 15) is 4.79 Å². The highest BCUT2D eigenvalue weighted by molar-refractivity contribution is 5.76. The fourth-order valence-corrected chi connectivity index (χ4v) is 2.61. The molecule has 0 radical (unpaired) electrons. The zero-order valence-electron chi connectivity index (χ0n) is 11.1. The first-order valence-corrected chi connectivity index (χ1v) is 6.69. The van der Waals surface area contributed by atoms with Gasteiger partial charge in [-0.05, 0) is 25.2 Å². The van der Waals surface area contributed by atoms with Crippen LogP contribution in [0.5, 0.6) is 0 Å². The van der Waals surface area contributed by atoms with Gasteiger partial charge in [-0.3, -0.25) is 9.69 Å². The largest absolute Gasteiger partial charge is 0.468 e. The van der Waals surface area contributed by atoms with Crippen LogP contribution in [0.15, 0.2) is 0 Å². The normalized spacial score (nSPS) is 27.4. The number of carbonyl (C=O) groups is 1. The molecule has 0 bridgehead atoms. The molecule has 0 aromatic carbocycles. The Hall–Kier alpha value is -0.610. The summed E-state index contributed by atoms with van der Waals surface area (Å²) in [4.78, 5) is 14.2. The Bertz CT molecular complexity index is 277. The molecule has 1 heterocycles. The molecule has 2 fully saturated rings. The van der Waals surface area contributed by atoms with E-state index >= 15 is 0 Å². The highest BCUT2D eigenvalue weighted by Gasteiger charge is 2.36. The van der Waals surface area contributed by atoms with Gasteiger partial charge in [-0.2, -0.15) is 0 Å². The van der Waals surface area contributed by atoms with Crippen molar-refractivity contribution in [2.75, 3.05) is 20.2 Å². The lowest BCUT2D eigenvalue weighted by Crippen LogP contribution is -2.48. The maximum atomic E-state index is 11.7. The van der Waals surface area contributed by atoms with Crippen molar-refractivity contribution in [2.24, 2.45) is 5.92 Å². The Morgan fingerprint density at radius 1 is 1.35 bits per heavy atom. The molecule has 4 heteroatoms. The second kappa shape index (κ2) is 5.36. The number of hydrogen-bond acceptors (Lipinski definition) is 4. The minimum absolute atomic E-state index is 0.134. The molecule has 0 aromatic rings. The van der Waals surface area contributed by atoms with Gasteiger partial charge in [-0.25, -0.2) is 0 Å². The first-order valence-electron chi connectivity index (χ1n) is 6.69. The van der Waals surface area contributed by atoms with Crippen LogP contribution in [0.3, 0.4) is 0 Å². The molecule has 2 rings (SSSR count). The van der Waals surface area contributed by atoms with Crippen LogP contribution < -0.4 is 5.32 Å². The number of carbonyl (C=O) groups excluding carboxylic acids is 1. The van der Waals surface area contributed by atoms with Crippen LogP contribution >= 0.6 is 0 Å². The Labute approximate surface area is 104 Å². The van der Waals surface area contributed by atoms with Gasteiger partial charge in [0.2, 0.25) is 0 Å². The van der Waals surface area contributed by atoms with Gasteiger partial charge >= 0.3 is 5.97 Å². The zero-order valence-corrected chi connectivity index (χ0v) is 11.1. The lowest BCUT2D eigenvalue weighted by molar-refractivity contribution is -0.144. The molecule has 1 unspecified atom stereocenters. The second-order valence-corrected chi connectivity index (χ2v) is 5.62. The standard InChI is InChI=1S/C13H24N2O2/c1-9(2)12(13(16)17-3)14-10-6-7-15(8-10)11-4-5-11/h9-12,14H,4-8H2,1-3H3/t10?,12-/m0/s1. The number of nitrogens with zero attached hydrogens (tertiary/aromatic N) is 1. The third-order valence-electron chi connectivity index (χ3n) is 3.82. The fraction of sp³-hybridized carbons (Fsp3) is 0.923. The predicted molar refractivity (Wildman–Crippen MR) is 66.8 cm³/mol. The van der Waals surface area contributed by atoms with E-state index in [1.165, 1.54) is 26.5 Å². The van der Waals surface area contributed by atoms with Crippen molar-refractivity contribution < 1.29 is 9.53 Å². The summed E-state index contributed by atoms with van der Waals surface area (Å²) in [5.74, 6) is 0.141. The number of methoxy groups -OCH3 is 1. The zero-order chi connectivity index (χ0) is 12.4. The van der Waals surface area contributed by atoms with Crippen LogP contribution in [-0.2, 0) is 9.53 Å². The van der Waals surface area contributed by atoms with E-state index in [1.54, 1.807) is 0 Å². The van der Waals surface area contributed by atoms with Gasteiger partial charge in [-0.1, -0.05) is 13.8 Å².